The summed E-state index contributed by atoms with van der Waals surface area (Å²) in [7, 11) is 1.65. The van der Waals surface area contributed by atoms with E-state index in [-0.39, 0.29) is 17.9 Å². The zero-order chi connectivity index (χ0) is 14.0. The molecule has 1 aliphatic rings. The van der Waals surface area contributed by atoms with Crippen LogP contribution >= 0.6 is 0 Å². The van der Waals surface area contributed by atoms with Gasteiger partial charge in [-0.2, -0.15) is 0 Å². The van der Waals surface area contributed by atoms with Gasteiger partial charge in [0.1, 0.15) is 0 Å². The lowest BCUT2D eigenvalue weighted by molar-refractivity contribution is -0.146. The van der Waals surface area contributed by atoms with Crippen molar-refractivity contribution in [3.05, 3.63) is 35.4 Å². The maximum Gasteiger partial charge on any atom is 0.306 e. The number of carboxylic acid groups (broad SMARTS) is 1. The van der Waals surface area contributed by atoms with Crippen LogP contribution in [0, 0.1) is 5.92 Å². The molecule has 0 radical (unpaired) electrons. The number of amides is 1. The van der Waals surface area contributed by atoms with E-state index in [0.29, 0.717) is 30.3 Å². The van der Waals surface area contributed by atoms with E-state index in [2.05, 4.69) is 0 Å². The van der Waals surface area contributed by atoms with E-state index < -0.39 is 5.97 Å². The van der Waals surface area contributed by atoms with Crippen LogP contribution in [0.5, 0.6) is 0 Å². The van der Waals surface area contributed by atoms with Gasteiger partial charge < -0.3 is 10.0 Å². The molecule has 0 spiro atoms. The fourth-order valence-electron chi connectivity index (χ4n) is 2.26. The molecule has 5 heteroatoms. The van der Waals surface area contributed by atoms with E-state index >= 15 is 0 Å². The number of carbonyl (C=O) groups is 3. The van der Waals surface area contributed by atoms with Crippen molar-refractivity contribution in [2.24, 2.45) is 5.92 Å². The van der Waals surface area contributed by atoms with Crippen LogP contribution in [0.2, 0.25) is 0 Å². The molecule has 0 unspecified atom stereocenters. The highest BCUT2D eigenvalue weighted by atomic mass is 16.4. The van der Waals surface area contributed by atoms with Crippen molar-refractivity contribution in [2.45, 2.75) is 18.9 Å². The Morgan fingerprint density at radius 1 is 1.32 bits per heavy atom. The predicted molar refractivity (Wildman–Crippen MR) is 68.1 cm³/mol. The molecule has 1 aromatic rings. The molecule has 2 rings (SSSR count). The van der Waals surface area contributed by atoms with Gasteiger partial charge in [-0.15, -0.1) is 0 Å². The standard InChI is InChI=1S/C14H15NO4/c1-15(11-6-10(7-11)14(18)19)13(17)12-5-3-2-4-9(12)8-16/h2-5,8,10-11H,6-7H2,1H3,(H,18,19). The maximum absolute atomic E-state index is 12.3. The number of benzene rings is 1. The van der Waals surface area contributed by atoms with Crippen LogP contribution < -0.4 is 0 Å². The van der Waals surface area contributed by atoms with Crippen molar-refractivity contribution in [3.8, 4) is 0 Å². The van der Waals surface area contributed by atoms with E-state index in [1.807, 2.05) is 0 Å². The number of rotatable bonds is 4. The van der Waals surface area contributed by atoms with Crippen LogP contribution in [-0.2, 0) is 4.79 Å². The molecule has 0 heterocycles. The molecule has 1 N–H and O–H groups in total. The third-order valence-corrected chi connectivity index (χ3v) is 3.65. The summed E-state index contributed by atoms with van der Waals surface area (Å²) >= 11 is 0. The van der Waals surface area contributed by atoms with E-state index in [9.17, 15) is 14.4 Å². The van der Waals surface area contributed by atoms with Gasteiger partial charge in [0.05, 0.1) is 11.5 Å². The largest absolute Gasteiger partial charge is 0.481 e. The Kier molecular flexibility index (Phi) is 3.64. The van der Waals surface area contributed by atoms with E-state index in [0.717, 1.165) is 0 Å². The second-order valence-electron chi connectivity index (χ2n) is 4.78. The topological polar surface area (TPSA) is 74.7 Å². The highest BCUT2D eigenvalue weighted by Gasteiger charge is 2.38. The normalized spacial score (nSPS) is 21.3. The average molecular weight is 261 g/mol. The molecule has 1 saturated carbocycles. The minimum atomic E-state index is -0.814. The molecule has 5 nitrogen and oxygen atoms in total. The van der Waals surface area contributed by atoms with Crippen molar-refractivity contribution >= 4 is 18.2 Å². The molecular weight excluding hydrogens is 246 g/mol. The summed E-state index contributed by atoms with van der Waals surface area (Å²) in [5.74, 6) is -1.41. The number of hydrogen-bond acceptors (Lipinski definition) is 3. The number of hydrogen-bond donors (Lipinski definition) is 1. The summed E-state index contributed by atoms with van der Waals surface area (Å²) < 4.78 is 0. The lowest BCUT2D eigenvalue weighted by atomic mass is 9.79. The number of aldehydes is 1. The smallest absolute Gasteiger partial charge is 0.306 e. The minimum Gasteiger partial charge on any atom is -0.481 e. The third-order valence-electron chi connectivity index (χ3n) is 3.65. The van der Waals surface area contributed by atoms with Gasteiger partial charge in [0.25, 0.3) is 5.91 Å². The molecule has 0 saturated heterocycles. The number of nitrogens with zero attached hydrogens (tertiary/aromatic N) is 1. The van der Waals surface area contributed by atoms with Gasteiger partial charge in [0.15, 0.2) is 6.29 Å². The first-order chi connectivity index (χ1) is 9.04. The van der Waals surface area contributed by atoms with Crippen molar-refractivity contribution in [1.29, 1.82) is 0 Å². The third kappa shape index (κ3) is 2.50. The minimum absolute atomic E-state index is 0.0618. The van der Waals surface area contributed by atoms with Crippen LogP contribution in [0.25, 0.3) is 0 Å². The molecule has 1 aromatic carbocycles. The van der Waals surface area contributed by atoms with Gasteiger partial charge in [0, 0.05) is 18.7 Å². The zero-order valence-corrected chi connectivity index (χ0v) is 10.6. The molecular formula is C14H15NO4. The lowest BCUT2D eigenvalue weighted by Crippen LogP contribution is -2.47. The van der Waals surface area contributed by atoms with Crippen LogP contribution in [0.15, 0.2) is 24.3 Å². The van der Waals surface area contributed by atoms with Gasteiger partial charge >= 0.3 is 5.97 Å². The summed E-state index contributed by atoms with van der Waals surface area (Å²) in [4.78, 5) is 35.4. The molecule has 1 fully saturated rings. The molecule has 19 heavy (non-hydrogen) atoms. The molecule has 1 amide bonds. The van der Waals surface area contributed by atoms with E-state index in [1.165, 1.54) is 4.90 Å². The van der Waals surface area contributed by atoms with Crippen molar-refractivity contribution in [1.82, 2.24) is 4.90 Å². The predicted octanol–water partition coefficient (Wildman–Crippen LogP) is 1.43. The summed E-state index contributed by atoms with van der Waals surface area (Å²) in [6.07, 6.45) is 1.60. The van der Waals surface area contributed by atoms with Gasteiger partial charge in [0.2, 0.25) is 0 Å². The Labute approximate surface area is 110 Å². The van der Waals surface area contributed by atoms with E-state index in [4.69, 9.17) is 5.11 Å². The summed E-state index contributed by atoms with van der Waals surface area (Å²) in [6, 6.07) is 6.54. The van der Waals surface area contributed by atoms with Crippen molar-refractivity contribution < 1.29 is 19.5 Å². The second-order valence-corrected chi connectivity index (χ2v) is 4.78. The Morgan fingerprint density at radius 2 is 1.95 bits per heavy atom. The molecule has 0 aliphatic heterocycles. The highest BCUT2D eigenvalue weighted by Crippen LogP contribution is 2.32. The number of aliphatic carboxylic acids is 1. The van der Waals surface area contributed by atoms with Crippen molar-refractivity contribution in [3.63, 3.8) is 0 Å². The first-order valence-corrected chi connectivity index (χ1v) is 6.08. The SMILES string of the molecule is CN(C(=O)c1ccccc1C=O)C1CC(C(=O)O)C1. The van der Waals surface area contributed by atoms with Gasteiger partial charge in [-0.3, -0.25) is 14.4 Å². The molecule has 100 valence electrons. The van der Waals surface area contributed by atoms with Crippen LogP contribution in [0.1, 0.15) is 33.6 Å². The first-order valence-electron chi connectivity index (χ1n) is 6.08. The van der Waals surface area contributed by atoms with Crippen molar-refractivity contribution in [2.75, 3.05) is 7.05 Å². The molecule has 0 bridgehead atoms. The zero-order valence-electron chi connectivity index (χ0n) is 10.6. The maximum atomic E-state index is 12.3. The Hall–Kier alpha value is -2.17. The fraction of sp³-hybridized carbons (Fsp3) is 0.357. The highest BCUT2D eigenvalue weighted by molar-refractivity contribution is 6.01. The average Bonchev–Trinajstić information content (AvgIpc) is 2.35. The molecule has 0 aromatic heterocycles. The first kappa shape index (κ1) is 13.3. The molecule has 0 atom stereocenters. The number of carboxylic acids is 1. The quantitative estimate of drug-likeness (QED) is 0.832. The number of carbonyl (C=O) groups excluding carboxylic acids is 2. The Balaban J connectivity index is 2.08. The second kappa shape index (κ2) is 5.22. The van der Waals surface area contributed by atoms with Crippen LogP contribution in [-0.4, -0.2) is 41.3 Å². The lowest BCUT2D eigenvalue weighted by Gasteiger charge is -2.39. The van der Waals surface area contributed by atoms with Crippen LogP contribution in [0.4, 0.5) is 0 Å². The van der Waals surface area contributed by atoms with Crippen LogP contribution in [0.3, 0.4) is 0 Å². The molecule has 1 aliphatic carbocycles. The van der Waals surface area contributed by atoms with Gasteiger partial charge in [-0.1, -0.05) is 18.2 Å². The Morgan fingerprint density at radius 3 is 2.53 bits per heavy atom. The fourth-order valence-corrected chi connectivity index (χ4v) is 2.26. The van der Waals surface area contributed by atoms with E-state index in [1.54, 1.807) is 31.3 Å². The summed E-state index contributed by atoms with van der Waals surface area (Å²) in [5.41, 5.74) is 0.715. The Bertz CT molecular complexity index is 520. The van der Waals surface area contributed by atoms with Gasteiger partial charge in [-0.25, -0.2) is 0 Å². The summed E-state index contributed by atoms with van der Waals surface area (Å²) in [5, 5.41) is 8.82. The van der Waals surface area contributed by atoms with Gasteiger partial charge in [-0.05, 0) is 18.9 Å². The summed E-state index contributed by atoms with van der Waals surface area (Å²) in [6.45, 7) is 0. The monoisotopic (exact) mass is 261 g/mol.